The molecule has 2 aliphatic rings. The zero-order valence-corrected chi connectivity index (χ0v) is 14.1. The van der Waals surface area contributed by atoms with Gasteiger partial charge in [0, 0.05) is 0 Å². The maximum atomic E-state index is 10.5. The second kappa shape index (κ2) is 8.34. The van der Waals surface area contributed by atoms with E-state index in [2.05, 4.69) is 9.47 Å². The summed E-state index contributed by atoms with van der Waals surface area (Å²) in [7, 11) is 0. The van der Waals surface area contributed by atoms with Crippen LogP contribution in [0.25, 0.3) is 0 Å². The van der Waals surface area contributed by atoms with Crippen molar-refractivity contribution < 1.29 is 69.5 Å². The second-order valence-electron chi connectivity index (χ2n) is 6.16. The van der Waals surface area contributed by atoms with Crippen LogP contribution in [0, 0.1) is 0 Å². The highest BCUT2D eigenvalue weighted by atomic mass is 16.7. The van der Waals surface area contributed by atoms with Gasteiger partial charge in [0.25, 0.3) is 11.6 Å². The van der Waals surface area contributed by atoms with Crippen LogP contribution in [0.5, 0.6) is 0 Å². The van der Waals surface area contributed by atoms with Crippen LogP contribution in [0.3, 0.4) is 0 Å². The lowest BCUT2D eigenvalue weighted by atomic mass is 9.84. The smallest absolute Gasteiger partial charge is 0.263 e. The fraction of sp³-hybridized carbons (Fsp3) is 0.714. The highest BCUT2D eigenvalue weighted by molar-refractivity contribution is 5.78. The molecule has 160 valence electrons. The van der Waals surface area contributed by atoms with Gasteiger partial charge in [0.2, 0.25) is 11.2 Å². The molecule has 0 aromatic carbocycles. The van der Waals surface area contributed by atoms with Crippen LogP contribution in [0.4, 0.5) is 0 Å². The zero-order valence-electron chi connectivity index (χ0n) is 14.1. The summed E-state index contributed by atoms with van der Waals surface area (Å²) >= 11 is 0. The normalized spacial score (nSPS) is 48.6. The van der Waals surface area contributed by atoms with Crippen molar-refractivity contribution in [3.05, 3.63) is 0 Å². The highest BCUT2D eigenvalue weighted by Crippen LogP contribution is 2.31. The molecule has 14 nitrogen and oxygen atoms in total. The predicted molar refractivity (Wildman–Crippen MR) is 80.0 cm³/mol. The van der Waals surface area contributed by atoms with Crippen LogP contribution in [-0.4, -0.2) is 126 Å². The molecule has 0 saturated carbocycles. The first-order valence-corrected chi connectivity index (χ1v) is 7.57. The molecule has 2 heterocycles. The molecule has 2 unspecified atom stereocenters. The van der Waals surface area contributed by atoms with E-state index < -0.39 is 60.4 Å². The van der Waals surface area contributed by atoms with Gasteiger partial charge in [-0.25, -0.2) is 0 Å². The van der Waals surface area contributed by atoms with Crippen molar-refractivity contribution in [1.82, 2.24) is 0 Å². The number of hydrogen-bond donors (Lipinski definition) is 8. The van der Waals surface area contributed by atoms with Crippen molar-refractivity contribution in [3.63, 3.8) is 0 Å². The molecular formula is C14H20O14. The Morgan fingerprint density at radius 3 is 1.11 bits per heavy atom. The molecule has 0 aromatic heterocycles. The third-order valence-corrected chi connectivity index (χ3v) is 4.41. The molecule has 2 saturated heterocycles. The van der Waals surface area contributed by atoms with E-state index >= 15 is 0 Å². The summed E-state index contributed by atoms with van der Waals surface area (Å²) in [5, 5.41) is 74.2. The van der Waals surface area contributed by atoms with Crippen LogP contribution in [-0.2, 0) is 28.7 Å². The molecular weight excluding hydrogens is 392 g/mol. The van der Waals surface area contributed by atoms with E-state index in [-0.39, 0.29) is 25.1 Å². The fourth-order valence-corrected chi connectivity index (χ4v) is 2.41. The lowest BCUT2D eigenvalue weighted by Crippen LogP contribution is -2.71. The molecule has 0 aliphatic carbocycles. The third-order valence-electron chi connectivity index (χ3n) is 4.41. The summed E-state index contributed by atoms with van der Waals surface area (Å²) in [4.78, 5) is 41.8. The molecule has 0 bridgehead atoms. The Hall–Kier alpha value is -1.72. The standard InChI is InChI=1S/2C7H10O7/c2*8-2-6(12)5(11)4(10)1-14-7(6,13)3-9/h2*2-5,10-13H,1H2/t2*4-,5+,6+,7?/m11/s1. The maximum absolute atomic E-state index is 10.5. The van der Waals surface area contributed by atoms with Crippen molar-refractivity contribution in [2.24, 2.45) is 0 Å². The molecule has 8 N–H and O–H groups in total. The quantitative estimate of drug-likeness (QED) is 0.200. The first-order chi connectivity index (χ1) is 12.8. The summed E-state index contributed by atoms with van der Waals surface area (Å²) < 4.78 is 8.80. The first kappa shape index (κ1) is 24.3. The van der Waals surface area contributed by atoms with Gasteiger partial charge in [-0.3, -0.25) is 19.2 Å². The summed E-state index contributed by atoms with van der Waals surface area (Å²) in [6.07, 6.45) is -7.97. The maximum Gasteiger partial charge on any atom is 0.263 e. The minimum atomic E-state index is -2.85. The summed E-state index contributed by atoms with van der Waals surface area (Å²) in [5.41, 5.74) is -5.71. The number of aldehydes is 4. The number of ether oxygens (including phenoxy) is 2. The van der Waals surface area contributed by atoms with Crippen LogP contribution in [0.15, 0.2) is 0 Å². The van der Waals surface area contributed by atoms with Gasteiger partial charge < -0.3 is 50.3 Å². The Morgan fingerprint density at radius 1 is 0.607 bits per heavy atom. The van der Waals surface area contributed by atoms with E-state index in [0.717, 1.165) is 0 Å². The van der Waals surface area contributed by atoms with Gasteiger partial charge in [-0.2, -0.15) is 0 Å². The number of hydrogen-bond acceptors (Lipinski definition) is 14. The minimum Gasteiger partial charge on any atom is -0.388 e. The topological polar surface area (TPSA) is 249 Å². The van der Waals surface area contributed by atoms with E-state index in [1.165, 1.54) is 0 Å². The van der Waals surface area contributed by atoms with Crippen molar-refractivity contribution in [1.29, 1.82) is 0 Å². The van der Waals surface area contributed by atoms with Crippen molar-refractivity contribution in [3.8, 4) is 0 Å². The Kier molecular flexibility index (Phi) is 7.24. The molecule has 28 heavy (non-hydrogen) atoms. The van der Waals surface area contributed by atoms with Crippen LogP contribution in [0.2, 0.25) is 0 Å². The lowest BCUT2D eigenvalue weighted by Gasteiger charge is -2.44. The number of rotatable bonds is 4. The van der Waals surface area contributed by atoms with Crippen molar-refractivity contribution in [2.75, 3.05) is 13.2 Å². The van der Waals surface area contributed by atoms with E-state index in [9.17, 15) is 49.8 Å². The largest absolute Gasteiger partial charge is 0.388 e. The van der Waals surface area contributed by atoms with Gasteiger partial charge in [0.05, 0.1) is 13.2 Å². The van der Waals surface area contributed by atoms with Crippen LogP contribution >= 0.6 is 0 Å². The van der Waals surface area contributed by atoms with Gasteiger partial charge in [0.1, 0.15) is 24.4 Å². The number of aliphatic hydroxyl groups excluding tert-OH is 4. The Balaban J connectivity index is 0.000000280. The summed E-state index contributed by atoms with van der Waals surface area (Å²) in [6, 6.07) is 0. The second-order valence-corrected chi connectivity index (χ2v) is 6.16. The highest BCUT2D eigenvalue weighted by Gasteiger charge is 2.62. The number of carbonyl (C=O) groups excluding carboxylic acids is 4. The molecule has 0 aromatic rings. The van der Waals surface area contributed by atoms with Crippen molar-refractivity contribution in [2.45, 2.75) is 47.2 Å². The molecule has 8 atom stereocenters. The van der Waals surface area contributed by atoms with E-state index in [4.69, 9.17) is 10.2 Å². The first-order valence-electron chi connectivity index (χ1n) is 7.57. The van der Waals surface area contributed by atoms with E-state index in [0.29, 0.717) is 0 Å². The Bertz CT molecular complexity index is 561. The van der Waals surface area contributed by atoms with E-state index in [1.54, 1.807) is 0 Å². The van der Waals surface area contributed by atoms with Crippen LogP contribution in [0.1, 0.15) is 0 Å². The minimum absolute atomic E-state index is 0.212. The van der Waals surface area contributed by atoms with Gasteiger partial charge in [0.15, 0.2) is 25.1 Å². The predicted octanol–water partition coefficient (Wildman–Crippen LogP) is -6.89. The molecule has 0 radical (unpaired) electrons. The fourth-order valence-electron chi connectivity index (χ4n) is 2.41. The SMILES string of the molecule is O=CC1(O)OC[C@@H](O)[C@H](O)[C@@]1(O)C=O.O=CC1(O)OC[C@@H](O)[C@H](O)[C@@]1(O)C=O. The Morgan fingerprint density at radius 2 is 0.893 bits per heavy atom. The summed E-state index contributed by atoms with van der Waals surface area (Å²) in [6.45, 7) is -1.13. The average molecular weight is 412 g/mol. The molecule has 0 amide bonds. The van der Waals surface area contributed by atoms with Crippen molar-refractivity contribution >= 4 is 25.1 Å². The van der Waals surface area contributed by atoms with Gasteiger partial charge in [-0.05, 0) is 0 Å². The number of aliphatic hydroxyl groups is 8. The zero-order chi connectivity index (χ0) is 22.0. The average Bonchev–Trinajstić information content (AvgIpc) is 2.71. The molecule has 2 rings (SSSR count). The van der Waals surface area contributed by atoms with Crippen LogP contribution < -0.4 is 0 Å². The van der Waals surface area contributed by atoms with Gasteiger partial charge in [-0.1, -0.05) is 0 Å². The van der Waals surface area contributed by atoms with Gasteiger partial charge in [-0.15, -0.1) is 0 Å². The lowest BCUT2D eigenvalue weighted by molar-refractivity contribution is -0.325. The molecule has 2 aliphatic heterocycles. The van der Waals surface area contributed by atoms with Gasteiger partial charge >= 0.3 is 0 Å². The molecule has 0 spiro atoms. The number of carbonyl (C=O) groups is 4. The Labute approximate surface area is 156 Å². The summed E-state index contributed by atoms with van der Waals surface area (Å²) in [5.74, 6) is -5.65. The molecule has 2 fully saturated rings. The third kappa shape index (κ3) is 3.62. The van der Waals surface area contributed by atoms with E-state index in [1.807, 2.05) is 0 Å². The monoisotopic (exact) mass is 412 g/mol. The molecule has 14 heteroatoms.